The van der Waals surface area contributed by atoms with Crippen LogP contribution in [0.3, 0.4) is 0 Å². The topological polar surface area (TPSA) is 17.0 Å². The highest BCUT2D eigenvalue weighted by Gasteiger charge is 2.40. The molecule has 1 aromatic carbocycles. The summed E-state index contributed by atoms with van der Waals surface area (Å²) in [5, 5.41) is 5.07. The van der Waals surface area contributed by atoms with Gasteiger partial charge in [0.25, 0.3) is 0 Å². The lowest BCUT2D eigenvalue weighted by Gasteiger charge is -2.14. The quantitative estimate of drug-likeness (QED) is 0.830. The Hall–Kier alpha value is -1.28. The summed E-state index contributed by atoms with van der Waals surface area (Å²) < 4.78 is 2.23. The molecule has 1 heterocycles. The van der Waals surface area contributed by atoms with E-state index in [1.807, 2.05) is 0 Å². The molecule has 102 valence electrons. The van der Waals surface area contributed by atoms with Crippen molar-refractivity contribution in [1.29, 1.82) is 0 Å². The van der Waals surface area contributed by atoms with Gasteiger partial charge in [0.1, 0.15) is 0 Å². The molecule has 0 radical (unpaired) electrons. The molecule has 0 unspecified atom stereocenters. The van der Waals surface area contributed by atoms with E-state index in [9.17, 15) is 0 Å². The monoisotopic (exact) mass is 256 g/mol. The minimum Gasteiger partial charge on any atom is -0.350 e. The molecule has 1 fully saturated rings. The second-order valence-electron chi connectivity index (χ2n) is 6.14. The smallest absolute Gasteiger partial charge is 0.0481 e. The van der Waals surface area contributed by atoms with Gasteiger partial charge in [-0.3, -0.25) is 0 Å². The van der Waals surface area contributed by atoms with Gasteiger partial charge >= 0.3 is 0 Å². The van der Waals surface area contributed by atoms with Crippen molar-refractivity contribution in [2.45, 2.75) is 39.2 Å². The molecule has 0 atom stereocenters. The van der Waals surface area contributed by atoms with Gasteiger partial charge in [0, 0.05) is 37.2 Å². The molecule has 1 N–H and O–H groups in total. The fourth-order valence-electron chi connectivity index (χ4n) is 3.25. The predicted molar refractivity (Wildman–Crippen MR) is 81.2 cm³/mol. The second kappa shape index (κ2) is 5.01. The first-order chi connectivity index (χ1) is 9.24. The van der Waals surface area contributed by atoms with E-state index in [4.69, 9.17) is 0 Å². The molecule has 2 heteroatoms. The highest BCUT2D eigenvalue weighted by Crippen LogP contribution is 2.48. The van der Waals surface area contributed by atoms with Crippen LogP contribution >= 0.6 is 0 Å². The third-order valence-electron chi connectivity index (χ3n) is 4.53. The molecule has 1 saturated carbocycles. The lowest BCUT2D eigenvalue weighted by atomic mass is 10.0. The largest absolute Gasteiger partial charge is 0.350 e. The average molecular weight is 256 g/mol. The van der Waals surface area contributed by atoms with E-state index >= 15 is 0 Å². The van der Waals surface area contributed by atoms with Crippen LogP contribution in [0, 0.1) is 5.41 Å². The van der Waals surface area contributed by atoms with Crippen LogP contribution in [0.25, 0.3) is 10.9 Å². The Balaban J connectivity index is 1.66. The molecule has 1 aliphatic rings. The Bertz CT molecular complexity index is 564. The summed E-state index contributed by atoms with van der Waals surface area (Å²) in [7, 11) is 2.13. The Kier molecular flexibility index (Phi) is 3.36. The molecule has 0 saturated heterocycles. The van der Waals surface area contributed by atoms with Crippen molar-refractivity contribution < 1.29 is 0 Å². The van der Waals surface area contributed by atoms with Crippen LogP contribution in [-0.4, -0.2) is 11.1 Å². The average Bonchev–Trinajstić information content (AvgIpc) is 3.10. The van der Waals surface area contributed by atoms with Gasteiger partial charge in [-0.25, -0.2) is 0 Å². The number of benzene rings is 1. The zero-order chi connectivity index (χ0) is 13.3. The number of nitrogens with one attached hydrogen (secondary N) is 1. The fourth-order valence-corrected chi connectivity index (χ4v) is 3.25. The van der Waals surface area contributed by atoms with E-state index in [1.165, 1.54) is 48.7 Å². The molecule has 0 bridgehead atoms. The summed E-state index contributed by atoms with van der Waals surface area (Å²) >= 11 is 0. The molecule has 19 heavy (non-hydrogen) atoms. The Labute approximate surface area is 115 Å². The second-order valence-corrected chi connectivity index (χ2v) is 6.14. The van der Waals surface area contributed by atoms with E-state index in [-0.39, 0.29) is 0 Å². The highest BCUT2D eigenvalue weighted by molar-refractivity contribution is 5.83. The summed E-state index contributed by atoms with van der Waals surface area (Å²) in [6.07, 6.45) is 7.80. The minimum atomic E-state index is 0.638. The number of nitrogens with zero attached hydrogens (tertiary/aromatic N) is 1. The first-order valence-electron chi connectivity index (χ1n) is 7.48. The number of hydrogen-bond donors (Lipinski definition) is 1. The maximum Gasteiger partial charge on any atom is 0.0481 e. The van der Waals surface area contributed by atoms with Crippen LogP contribution in [0.1, 0.15) is 38.2 Å². The zero-order valence-electron chi connectivity index (χ0n) is 12.1. The maximum atomic E-state index is 3.68. The molecule has 1 aromatic heterocycles. The van der Waals surface area contributed by atoms with Crippen LogP contribution < -0.4 is 5.32 Å². The lowest BCUT2D eigenvalue weighted by Crippen LogP contribution is -2.23. The van der Waals surface area contributed by atoms with Gasteiger partial charge in [0.05, 0.1) is 0 Å². The third-order valence-corrected chi connectivity index (χ3v) is 4.53. The van der Waals surface area contributed by atoms with Crippen molar-refractivity contribution in [2.24, 2.45) is 12.5 Å². The molecule has 2 nitrogen and oxygen atoms in total. The normalized spacial score (nSPS) is 16.9. The standard InChI is InChI=1S/C17H24N2/c1-3-8-17(9-10-17)13-18-11-14-12-19(2)16-7-5-4-6-15(14)16/h4-7,12,18H,3,8-11,13H2,1-2H3. The van der Waals surface area contributed by atoms with Gasteiger partial charge in [0.15, 0.2) is 0 Å². The number of rotatable bonds is 6. The summed E-state index contributed by atoms with van der Waals surface area (Å²) in [4.78, 5) is 0. The van der Waals surface area contributed by atoms with Gasteiger partial charge in [-0.1, -0.05) is 31.5 Å². The van der Waals surface area contributed by atoms with Crippen molar-refractivity contribution in [1.82, 2.24) is 9.88 Å². The number of aromatic nitrogens is 1. The van der Waals surface area contributed by atoms with E-state index in [1.54, 1.807) is 0 Å². The molecular formula is C17H24N2. The van der Waals surface area contributed by atoms with Gasteiger partial charge in [-0.15, -0.1) is 0 Å². The summed E-state index contributed by atoms with van der Waals surface area (Å²) in [5.41, 5.74) is 3.39. The maximum absolute atomic E-state index is 3.68. The summed E-state index contributed by atoms with van der Waals surface area (Å²) in [6, 6.07) is 8.66. The van der Waals surface area contributed by atoms with E-state index in [0.29, 0.717) is 5.41 Å². The molecule has 2 aromatic rings. The van der Waals surface area contributed by atoms with E-state index in [2.05, 4.69) is 54.3 Å². The highest BCUT2D eigenvalue weighted by atomic mass is 14.9. The van der Waals surface area contributed by atoms with Crippen LogP contribution in [-0.2, 0) is 13.6 Å². The summed E-state index contributed by atoms with van der Waals surface area (Å²) in [5.74, 6) is 0. The Morgan fingerprint density at radius 1 is 1.26 bits per heavy atom. The van der Waals surface area contributed by atoms with Gasteiger partial charge in [-0.05, 0) is 36.3 Å². The number of aryl methyl sites for hydroxylation is 1. The molecule has 3 rings (SSSR count). The van der Waals surface area contributed by atoms with Crippen molar-refractivity contribution in [3.8, 4) is 0 Å². The van der Waals surface area contributed by atoms with Crippen molar-refractivity contribution in [2.75, 3.05) is 6.54 Å². The van der Waals surface area contributed by atoms with Crippen molar-refractivity contribution in [3.05, 3.63) is 36.0 Å². The number of para-hydroxylation sites is 1. The molecule has 1 aliphatic carbocycles. The third kappa shape index (κ3) is 2.55. The first kappa shape index (κ1) is 12.7. The van der Waals surface area contributed by atoms with Crippen molar-refractivity contribution in [3.63, 3.8) is 0 Å². The molecule has 0 aliphatic heterocycles. The summed E-state index contributed by atoms with van der Waals surface area (Å²) in [6.45, 7) is 4.47. The van der Waals surface area contributed by atoms with Crippen LogP contribution in [0.2, 0.25) is 0 Å². The van der Waals surface area contributed by atoms with Gasteiger partial charge in [-0.2, -0.15) is 0 Å². The van der Waals surface area contributed by atoms with Gasteiger partial charge < -0.3 is 9.88 Å². The van der Waals surface area contributed by atoms with E-state index in [0.717, 1.165) is 6.54 Å². The zero-order valence-corrected chi connectivity index (χ0v) is 12.1. The van der Waals surface area contributed by atoms with Crippen LogP contribution in [0.4, 0.5) is 0 Å². The Morgan fingerprint density at radius 3 is 2.79 bits per heavy atom. The van der Waals surface area contributed by atoms with Crippen molar-refractivity contribution >= 4 is 10.9 Å². The lowest BCUT2D eigenvalue weighted by molar-refractivity contribution is 0.421. The minimum absolute atomic E-state index is 0.638. The van der Waals surface area contributed by atoms with E-state index < -0.39 is 0 Å². The van der Waals surface area contributed by atoms with Crippen LogP contribution in [0.15, 0.2) is 30.5 Å². The Morgan fingerprint density at radius 2 is 2.05 bits per heavy atom. The first-order valence-corrected chi connectivity index (χ1v) is 7.48. The molecule has 0 spiro atoms. The van der Waals surface area contributed by atoms with Gasteiger partial charge in [0.2, 0.25) is 0 Å². The molecule has 0 amide bonds. The molecular weight excluding hydrogens is 232 g/mol. The fraction of sp³-hybridized carbons (Fsp3) is 0.529. The SMILES string of the molecule is CCCC1(CNCc2cn(C)c3ccccc23)CC1. The van der Waals surface area contributed by atoms with Crippen LogP contribution in [0.5, 0.6) is 0 Å². The number of fused-ring (bicyclic) bond motifs is 1. The number of hydrogen-bond acceptors (Lipinski definition) is 1. The predicted octanol–water partition coefficient (Wildman–Crippen LogP) is 3.85.